The van der Waals surface area contributed by atoms with E-state index in [-0.39, 0.29) is 23.5 Å². The van der Waals surface area contributed by atoms with Crippen molar-refractivity contribution in [3.63, 3.8) is 0 Å². The van der Waals surface area contributed by atoms with E-state index in [2.05, 4.69) is 5.32 Å². The number of nitro groups is 1. The van der Waals surface area contributed by atoms with Gasteiger partial charge in [0.25, 0.3) is 11.6 Å². The van der Waals surface area contributed by atoms with Gasteiger partial charge in [0.1, 0.15) is 29.3 Å². The number of quaternary nitrogens is 1. The lowest BCUT2D eigenvalue weighted by atomic mass is 9.76. The number of nitro benzene ring substituents is 1. The van der Waals surface area contributed by atoms with Crippen molar-refractivity contribution in [3.05, 3.63) is 58.1 Å². The molecule has 1 spiro atoms. The van der Waals surface area contributed by atoms with Gasteiger partial charge in [-0.15, -0.1) is 0 Å². The summed E-state index contributed by atoms with van der Waals surface area (Å²) in [5.41, 5.74) is 4.54. The minimum Gasteiger partial charge on any atom is -0.495 e. The van der Waals surface area contributed by atoms with E-state index in [1.807, 2.05) is 0 Å². The third-order valence-electron chi connectivity index (χ3n) is 6.83. The molecule has 2 saturated heterocycles. The molecule has 5 N–H and O–H groups in total. The van der Waals surface area contributed by atoms with Crippen LogP contribution in [0.1, 0.15) is 12.0 Å². The van der Waals surface area contributed by atoms with Crippen LogP contribution in [0.15, 0.2) is 42.5 Å². The number of carbonyl (C=O) groups is 4. The maximum absolute atomic E-state index is 13.9. The van der Waals surface area contributed by atoms with Crippen molar-refractivity contribution in [2.75, 3.05) is 17.3 Å². The molecule has 0 aromatic heterocycles. The molecule has 5 rings (SSSR count). The largest absolute Gasteiger partial charge is 0.495 e. The number of para-hydroxylation sites is 1. The molecule has 3 heterocycles. The molecule has 12 nitrogen and oxygen atoms in total. The third kappa shape index (κ3) is 2.75. The van der Waals surface area contributed by atoms with Gasteiger partial charge in [-0.25, -0.2) is 4.90 Å². The first-order valence-electron chi connectivity index (χ1n) is 10.5. The normalized spacial score (nSPS) is 27.0. The number of benzene rings is 2. The van der Waals surface area contributed by atoms with Crippen molar-refractivity contribution in [2.45, 2.75) is 18.0 Å². The number of hydrogen-bond acceptors (Lipinski definition) is 7. The van der Waals surface area contributed by atoms with Gasteiger partial charge in [-0.3, -0.25) is 29.3 Å². The number of nitrogens with zero attached hydrogens (tertiary/aromatic N) is 2. The van der Waals surface area contributed by atoms with Crippen LogP contribution < -0.4 is 26.0 Å². The van der Waals surface area contributed by atoms with Gasteiger partial charge in [-0.1, -0.05) is 18.2 Å². The van der Waals surface area contributed by atoms with Crippen molar-refractivity contribution in [2.24, 2.45) is 17.6 Å². The average Bonchev–Trinajstić information content (AvgIpc) is 3.37. The van der Waals surface area contributed by atoms with E-state index in [0.29, 0.717) is 11.3 Å². The van der Waals surface area contributed by atoms with Crippen LogP contribution in [0.2, 0.25) is 0 Å². The topological polar surface area (TPSA) is 179 Å². The zero-order valence-electron chi connectivity index (χ0n) is 17.9. The maximum atomic E-state index is 13.9. The molecule has 4 amide bonds. The predicted octanol–water partition coefficient (Wildman–Crippen LogP) is -0.622. The van der Waals surface area contributed by atoms with Crippen LogP contribution in [0.25, 0.3) is 0 Å². The number of hydrogen-bond donors (Lipinski definition) is 3. The number of nitrogens with two attached hydrogens (primary N) is 2. The number of non-ortho nitro benzene ring substituents is 1. The minimum absolute atomic E-state index is 0.0769. The van der Waals surface area contributed by atoms with Crippen molar-refractivity contribution in [1.82, 2.24) is 0 Å². The molecule has 0 radical (unpaired) electrons. The van der Waals surface area contributed by atoms with Crippen LogP contribution >= 0.6 is 0 Å². The van der Waals surface area contributed by atoms with E-state index in [1.54, 1.807) is 29.6 Å². The molecule has 4 atom stereocenters. The molecule has 2 aromatic rings. The first kappa shape index (κ1) is 21.5. The molecule has 0 bridgehead atoms. The molecule has 2 aromatic carbocycles. The Labute approximate surface area is 192 Å². The highest BCUT2D eigenvalue weighted by Crippen LogP contribution is 2.51. The van der Waals surface area contributed by atoms with Gasteiger partial charge in [-0.2, -0.15) is 0 Å². The van der Waals surface area contributed by atoms with E-state index < -0.39 is 52.0 Å². The highest BCUT2D eigenvalue weighted by atomic mass is 16.6. The molecule has 0 aliphatic carbocycles. The van der Waals surface area contributed by atoms with Crippen molar-refractivity contribution in [3.8, 4) is 5.75 Å². The number of ether oxygens (including phenoxy) is 1. The molecule has 2 fully saturated rings. The Kier molecular flexibility index (Phi) is 4.65. The lowest BCUT2D eigenvalue weighted by Crippen LogP contribution is -2.99. The Morgan fingerprint density at radius 1 is 1.24 bits per heavy atom. The van der Waals surface area contributed by atoms with Gasteiger partial charge < -0.3 is 21.1 Å². The number of rotatable bonds is 5. The molecular weight excluding hydrogens is 446 g/mol. The Balaban J connectivity index is 1.69. The summed E-state index contributed by atoms with van der Waals surface area (Å²) in [5, 5.41) is 15.7. The number of imide groups is 1. The predicted molar refractivity (Wildman–Crippen MR) is 115 cm³/mol. The number of carbonyl (C=O) groups excluding carboxylic acids is 4. The van der Waals surface area contributed by atoms with E-state index in [0.717, 1.165) is 11.0 Å². The summed E-state index contributed by atoms with van der Waals surface area (Å²) in [5.74, 6) is -4.68. The van der Waals surface area contributed by atoms with Gasteiger partial charge in [0.2, 0.25) is 23.3 Å². The van der Waals surface area contributed by atoms with E-state index in [1.165, 1.54) is 19.2 Å². The highest BCUT2D eigenvalue weighted by Gasteiger charge is 2.74. The number of nitrogens with one attached hydrogen (secondary N) is 1. The van der Waals surface area contributed by atoms with Crippen molar-refractivity contribution >= 4 is 40.7 Å². The molecule has 0 saturated carbocycles. The summed E-state index contributed by atoms with van der Waals surface area (Å²) in [6.45, 7) is 0. The first-order valence-corrected chi connectivity index (χ1v) is 10.5. The van der Waals surface area contributed by atoms with E-state index in [4.69, 9.17) is 10.5 Å². The average molecular weight is 466 g/mol. The smallest absolute Gasteiger partial charge is 0.291 e. The molecule has 3 aliphatic rings. The lowest BCUT2D eigenvalue weighted by Gasteiger charge is -2.26. The van der Waals surface area contributed by atoms with Gasteiger partial charge >= 0.3 is 0 Å². The van der Waals surface area contributed by atoms with Crippen molar-refractivity contribution in [1.29, 1.82) is 0 Å². The highest BCUT2D eigenvalue weighted by molar-refractivity contribution is 6.25. The van der Waals surface area contributed by atoms with Crippen LogP contribution in [0.4, 0.5) is 17.1 Å². The molecule has 3 aliphatic heterocycles. The molecule has 34 heavy (non-hydrogen) atoms. The molecule has 174 valence electrons. The van der Waals surface area contributed by atoms with Crippen molar-refractivity contribution < 1.29 is 34.2 Å². The third-order valence-corrected chi connectivity index (χ3v) is 6.83. The van der Waals surface area contributed by atoms with Crippen LogP contribution in [0.3, 0.4) is 0 Å². The second-order valence-corrected chi connectivity index (χ2v) is 8.50. The standard InChI is InChI=1S/C22H19N5O7/c1-34-15-7-6-10(27(32)33)8-14(15)26-19(29)17-13(9-16(23)28)25-22(18(17)20(26)30)11-4-2-3-5-12(11)24-21(22)31/h2-8,13,17-18,25H,9H2,1H3,(H2,23,28)(H,24,31)/p+1/t13-,17-,18-,22+/m0/s1. The SMILES string of the molecule is COc1ccc([N+](=O)[O-])cc1N1C(=O)[C@H]2[C@H](CC(N)=O)[NH2+][C@@]3(C(=O)Nc4ccccc43)[C@@H]2C1=O. The zero-order valence-corrected chi connectivity index (χ0v) is 17.9. The summed E-state index contributed by atoms with van der Waals surface area (Å²) in [7, 11) is 1.31. The van der Waals surface area contributed by atoms with Gasteiger partial charge in [0.15, 0.2) is 0 Å². The zero-order chi connectivity index (χ0) is 24.4. The number of anilines is 2. The van der Waals surface area contributed by atoms with Gasteiger partial charge in [0.05, 0.1) is 24.1 Å². The second kappa shape index (κ2) is 7.35. The summed E-state index contributed by atoms with van der Waals surface area (Å²) in [6, 6.07) is 9.61. The summed E-state index contributed by atoms with van der Waals surface area (Å²) >= 11 is 0. The van der Waals surface area contributed by atoms with Gasteiger partial charge in [-0.05, 0) is 12.1 Å². The number of amides is 4. The fourth-order valence-corrected chi connectivity index (χ4v) is 5.54. The minimum atomic E-state index is -1.49. The summed E-state index contributed by atoms with van der Waals surface area (Å²) in [4.78, 5) is 64.2. The Morgan fingerprint density at radius 3 is 2.65 bits per heavy atom. The fraction of sp³-hybridized carbons (Fsp3) is 0.273. The monoisotopic (exact) mass is 466 g/mol. The number of methoxy groups -OCH3 is 1. The number of primary amides is 1. The number of fused-ring (bicyclic) bond motifs is 4. The van der Waals surface area contributed by atoms with Crippen LogP contribution in [0, 0.1) is 22.0 Å². The summed E-state index contributed by atoms with van der Waals surface area (Å²) in [6.07, 6.45) is -0.239. The summed E-state index contributed by atoms with van der Waals surface area (Å²) < 4.78 is 5.27. The molecular formula is C22H20N5O7+. The lowest BCUT2D eigenvalue weighted by molar-refractivity contribution is -0.732. The Morgan fingerprint density at radius 2 is 1.97 bits per heavy atom. The molecule has 12 heteroatoms. The Hall–Kier alpha value is -4.32. The van der Waals surface area contributed by atoms with Gasteiger partial charge in [0, 0.05) is 17.7 Å². The van der Waals surface area contributed by atoms with E-state index >= 15 is 0 Å². The maximum Gasteiger partial charge on any atom is 0.291 e. The van der Waals surface area contributed by atoms with Crippen LogP contribution in [-0.2, 0) is 24.7 Å². The quantitative estimate of drug-likeness (QED) is 0.298. The first-order chi connectivity index (χ1) is 16.2. The second-order valence-electron chi connectivity index (χ2n) is 8.50. The van der Waals surface area contributed by atoms with Crippen LogP contribution in [0.5, 0.6) is 5.75 Å². The Bertz CT molecular complexity index is 1290. The fourth-order valence-electron chi connectivity index (χ4n) is 5.54. The van der Waals surface area contributed by atoms with Crippen LogP contribution in [-0.4, -0.2) is 41.7 Å². The molecule has 0 unspecified atom stereocenters. The van der Waals surface area contributed by atoms with E-state index in [9.17, 15) is 29.3 Å².